The van der Waals surface area contributed by atoms with Crippen molar-refractivity contribution < 1.29 is 4.79 Å². The molecule has 0 saturated carbocycles. The summed E-state index contributed by atoms with van der Waals surface area (Å²) in [6.07, 6.45) is 4.23. The predicted octanol–water partition coefficient (Wildman–Crippen LogP) is 3.10. The van der Waals surface area contributed by atoms with Gasteiger partial charge in [-0.3, -0.25) is 4.79 Å². The van der Waals surface area contributed by atoms with E-state index in [-0.39, 0.29) is 0 Å². The van der Waals surface area contributed by atoms with Crippen molar-refractivity contribution in [3.63, 3.8) is 0 Å². The van der Waals surface area contributed by atoms with Crippen LogP contribution in [0.5, 0.6) is 0 Å². The molecule has 2 heterocycles. The van der Waals surface area contributed by atoms with Gasteiger partial charge in [0.25, 0.3) is 0 Å². The zero-order valence-corrected chi connectivity index (χ0v) is 12.1. The van der Waals surface area contributed by atoms with Crippen LogP contribution in [0.1, 0.15) is 30.4 Å². The summed E-state index contributed by atoms with van der Waals surface area (Å²) < 4.78 is 0. The Labute approximate surface area is 119 Å². The number of rotatable bonds is 2. The molecule has 102 valence electrons. The monoisotopic (exact) mass is 275 g/mol. The highest BCUT2D eigenvalue weighted by atomic mass is 32.2. The number of carbonyl (C=O) groups is 1. The van der Waals surface area contributed by atoms with Gasteiger partial charge in [-0.25, -0.2) is 0 Å². The number of carbonyl (C=O) groups excluding carboxylic acids is 1. The molecule has 0 aliphatic carbocycles. The fraction of sp³-hybridized carbons (Fsp3) is 0.562. The van der Waals surface area contributed by atoms with E-state index in [0.29, 0.717) is 11.8 Å². The number of amides is 1. The van der Waals surface area contributed by atoms with Gasteiger partial charge in [-0.2, -0.15) is 11.8 Å². The highest BCUT2D eigenvalue weighted by molar-refractivity contribution is 7.99. The Hall–Kier alpha value is -0.960. The first-order chi connectivity index (χ1) is 9.33. The number of benzene rings is 1. The van der Waals surface area contributed by atoms with Crippen molar-refractivity contribution >= 4 is 17.7 Å². The van der Waals surface area contributed by atoms with Gasteiger partial charge < -0.3 is 4.90 Å². The van der Waals surface area contributed by atoms with E-state index in [1.807, 2.05) is 11.8 Å². The molecule has 0 spiro atoms. The standard InChI is InChI=1S/C16H21NOS/c18-16(11-13-6-9-19-10-7-13)17-8-5-14-3-1-2-4-15(14)12-17/h1-4,13H,5-12H2. The van der Waals surface area contributed by atoms with Crippen molar-refractivity contribution in [2.24, 2.45) is 5.92 Å². The molecule has 1 aromatic rings. The van der Waals surface area contributed by atoms with Gasteiger partial charge >= 0.3 is 0 Å². The minimum absolute atomic E-state index is 0.367. The van der Waals surface area contributed by atoms with Gasteiger partial charge in [-0.1, -0.05) is 24.3 Å². The normalized spacial score (nSPS) is 20.1. The molecule has 19 heavy (non-hydrogen) atoms. The van der Waals surface area contributed by atoms with Crippen molar-refractivity contribution in [1.29, 1.82) is 0 Å². The Kier molecular flexibility index (Phi) is 4.12. The number of fused-ring (bicyclic) bond motifs is 1. The maximum absolute atomic E-state index is 12.4. The van der Waals surface area contributed by atoms with Crippen molar-refractivity contribution in [1.82, 2.24) is 4.90 Å². The van der Waals surface area contributed by atoms with Crippen LogP contribution in [0.2, 0.25) is 0 Å². The zero-order valence-electron chi connectivity index (χ0n) is 11.3. The maximum Gasteiger partial charge on any atom is 0.223 e. The molecule has 0 bridgehead atoms. The largest absolute Gasteiger partial charge is 0.338 e. The summed E-state index contributed by atoms with van der Waals surface area (Å²) in [5, 5.41) is 0. The van der Waals surface area contributed by atoms with E-state index in [1.165, 1.54) is 35.5 Å². The van der Waals surface area contributed by atoms with Crippen molar-refractivity contribution in [3.05, 3.63) is 35.4 Å². The second-order valence-corrected chi connectivity index (χ2v) is 6.82. The fourth-order valence-corrected chi connectivity index (χ4v) is 4.24. The van der Waals surface area contributed by atoms with Crippen LogP contribution in [0.25, 0.3) is 0 Å². The molecule has 3 heteroatoms. The molecule has 1 saturated heterocycles. The molecule has 0 N–H and O–H groups in total. The SMILES string of the molecule is O=C(CC1CCSCC1)N1CCc2ccccc2C1. The molecule has 0 aromatic heterocycles. The molecule has 1 amide bonds. The Morgan fingerprint density at radius 3 is 2.74 bits per heavy atom. The maximum atomic E-state index is 12.4. The molecule has 1 aromatic carbocycles. The van der Waals surface area contributed by atoms with Crippen LogP contribution in [-0.4, -0.2) is 28.9 Å². The van der Waals surface area contributed by atoms with Crippen LogP contribution in [0.3, 0.4) is 0 Å². The summed E-state index contributed by atoms with van der Waals surface area (Å²) in [5.41, 5.74) is 2.75. The summed E-state index contributed by atoms with van der Waals surface area (Å²) >= 11 is 2.03. The first-order valence-electron chi connectivity index (χ1n) is 7.25. The Bertz CT molecular complexity index is 454. The van der Waals surface area contributed by atoms with Gasteiger partial charge in [0.2, 0.25) is 5.91 Å². The topological polar surface area (TPSA) is 20.3 Å². The summed E-state index contributed by atoms with van der Waals surface area (Å²) in [6, 6.07) is 8.52. The lowest BCUT2D eigenvalue weighted by atomic mass is 9.96. The summed E-state index contributed by atoms with van der Waals surface area (Å²) in [4.78, 5) is 14.5. The van der Waals surface area contributed by atoms with E-state index >= 15 is 0 Å². The first kappa shape index (κ1) is 13.0. The highest BCUT2D eigenvalue weighted by Gasteiger charge is 2.24. The van der Waals surface area contributed by atoms with E-state index in [4.69, 9.17) is 0 Å². The zero-order chi connectivity index (χ0) is 13.1. The minimum Gasteiger partial charge on any atom is -0.338 e. The van der Waals surface area contributed by atoms with Crippen LogP contribution < -0.4 is 0 Å². The van der Waals surface area contributed by atoms with E-state index in [0.717, 1.165) is 25.9 Å². The van der Waals surface area contributed by atoms with Crippen LogP contribution in [0, 0.1) is 5.92 Å². The minimum atomic E-state index is 0.367. The summed E-state index contributed by atoms with van der Waals surface area (Å²) in [5.74, 6) is 3.47. The van der Waals surface area contributed by atoms with Crippen molar-refractivity contribution in [2.75, 3.05) is 18.1 Å². The van der Waals surface area contributed by atoms with E-state index in [1.54, 1.807) is 0 Å². The molecular weight excluding hydrogens is 254 g/mol. The van der Waals surface area contributed by atoms with Crippen LogP contribution >= 0.6 is 11.8 Å². The Morgan fingerprint density at radius 1 is 1.21 bits per heavy atom. The molecule has 2 nitrogen and oxygen atoms in total. The van der Waals surface area contributed by atoms with Gasteiger partial charge in [0, 0.05) is 19.5 Å². The molecule has 1 fully saturated rings. The Balaban J connectivity index is 1.59. The molecule has 3 rings (SSSR count). The lowest BCUT2D eigenvalue weighted by molar-refractivity contribution is -0.133. The van der Waals surface area contributed by atoms with Gasteiger partial charge in [0.1, 0.15) is 0 Å². The van der Waals surface area contributed by atoms with E-state index in [2.05, 4.69) is 29.2 Å². The third kappa shape index (κ3) is 3.14. The third-order valence-electron chi connectivity index (χ3n) is 4.29. The van der Waals surface area contributed by atoms with Crippen LogP contribution in [-0.2, 0) is 17.8 Å². The second-order valence-electron chi connectivity index (χ2n) is 5.59. The van der Waals surface area contributed by atoms with Gasteiger partial charge in [-0.15, -0.1) is 0 Å². The second kappa shape index (κ2) is 6.00. The number of nitrogens with zero attached hydrogens (tertiary/aromatic N) is 1. The average Bonchev–Trinajstić information content (AvgIpc) is 2.48. The molecule has 2 aliphatic rings. The van der Waals surface area contributed by atoms with Gasteiger partial charge in [0.15, 0.2) is 0 Å². The van der Waals surface area contributed by atoms with Crippen molar-refractivity contribution in [2.45, 2.75) is 32.2 Å². The fourth-order valence-electron chi connectivity index (χ4n) is 3.04. The predicted molar refractivity (Wildman–Crippen MR) is 80.2 cm³/mol. The van der Waals surface area contributed by atoms with E-state index < -0.39 is 0 Å². The summed E-state index contributed by atoms with van der Waals surface area (Å²) in [6.45, 7) is 1.72. The quantitative estimate of drug-likeness (QED) is 0.826. The summed E-state index contributed by atoms with van der Waals surface area (Å²) in [7, 11) is 0. The number of thioether (sulfide) groups is 1. The van der Waals surface area contributed by atoms with Gasteiger partial charge in [0.05, 0.1) is 0 Å². The van der Waals surface area contributed by atoms with Crippen LogP contribution in [0.15, 0.2) is 24.3 Å². The lowest BCUT2D eigenvalue weighted by Crippen LogP contribution is -2.37. The Morgan fingerprint density at radius 2 is 1.95 bits per heavy atom. The number of hydrogen-bond acceptors (Lipinski definition) is 2. The molecular formula is C16H21NOS. The van der Waals surface area contributed by atoms with Crippen LogP contribution in [0.4, 0.5) is 0 Å². The highest BCUT2D eigenvalue weighted by Crippen LogP contribution is 2.27. The molecule has 2 aliphatic heterocycles. The molecule has 0 unspecified atom stereocenters. The van der Waals surface area contributed by atoms with Gasteiger partial charge in [-0.05, 0) is 47.8 Å². The number of hydrogen-bond donors (Lipinski definition) is 0. The smallest absolute Gasteiger partial charge is 0.223 e. The third-order valence-corrected chi connectivity index (χ3v) is 5.34. The lowest BCUT2D eigenvalue weighted by Gasteiger charge is -2.31. The van der Waals surface area contributed by atoms with E-state index in [9.17, 15) is 4.79 Å². The van der Waals surface area contributed by atoms with Crippen molar-refractivity contribution in [3.8, 4) is 0 Å². The molecule has 0 radical (unpaired) electrons. The first-order valence-corrected chi connectivity index (χ1v) is 8.40. The average molecular weight is 275 g/mol. The molecule has 0 atom stereocenters.